The van der Waals surface area contributed by atoms with E-state index in [-0.39, 0.29) is 17.5 Å². The molecule has 0 fully saturated rings. The zero-order chi connectivity index (χ0) is 13.1. The Balaban J connectivity index is 2.24. The van der Waals surface area contributed by atoms with Crippen LogP contribution in [0, 0.1) is 5.82 Å². The molecule has 0 saturated heterocycles. The van der Waals surface area contributed by atoms with Gasteiger partial charge in [-0.05, 0) is 36.8 Å². The molecule has 0 aliphatic heterocycles. The second-order valence-electron chi connectivity index (χ2n) is 4.06. The van der Waals surface area contributed by atoms with Crippen LogP contribution in [-0.2, 0) is 0 Å². The lowest BCUT2D eigenvalue weighted by molar-refractivity contribution is 0.474. The molecule has 18 heavy (non-hydrogen) atoms. The molecule has 2 aromatic carbocycles. The Morgan fingerprint density at radius 1 is 1.22 bits per heavy atom. The molecule has 4 heteroatoms. The topological polar surface area (TPSA) is 32.3 Å². The van der Waals surface area contributed by atoms with E-state index in [0.717, 1.165) is 5.56 Å². The molecule has 2 rings (SSSR count). The van der Waals surface area contributed by atoms with E-state index in [9.17, 15) is 9.50 Å². The standard InChI is InChI=1S/C14H13ClFNO/c1-9(10-4-2-5-11(18)8-10)17-14-12(15)6-3-7-13(14)16/h2-9,17-18H,1H3. The molecule has 94 valence electrons. The Morgan fingerprint density at radius 3 is 2.61 bits per heavy atom. The van der Waals surface area contributed by atoms with Crippen molar-refractivity contribution in [1.29, 1.82) is 0 Å². The van der Waals surface area contributed by atoms with E-state index in [4.69, 9.17) is 11.6 Å². The first-order valence-electron chi connectivity index (χ1n) is 5.57. The fraction of sp³-hybridized carbons (Fsp3) is 0.143. The highest BCUT2D eigenvalue weighted by Crippen LogP contribution is 2.29. The number of rotatable bonds is 3. The average Bonchev–Trinajstić information content (AvgIpc) is 2.34. The predicted molar refractivity (Wildman–Crippen MR) is 71.6 cm³/mol. The maximum atomic E-state index is 13.6. The quantitative estimate of drug-likeness (QED) is 0.864. The zero-order valence-electron chi connectivity index (χ0n) is 9.82. The molecule has 0 bridgehead atoms. The molecule has 2 nitrogen and oxygen atoms in total. The van der Waals surface area contributed by atoms with E-state index in [0.29, 0.717) is 5.02 Å². The molecule has 0 saturated carbocycles. The Kier molecular flexibility index (Phi) is 3.72. The van der Waals surface area contributed by atoms with E-state index in [2.05, 4.69) is 5.32 Å². The van der Waals surface area contributed by atoms with Gasteiger partial charge in [-0.25, -0.2) is 4.39 Å². The Morgan fingerprint density at radius 2 is 1.94 bits per heavy atom. The highest BCUT2D eigenvalue weighted by atomic mass is 35.5. The van der Waals surface area contributed by atoms with Crippen molar-refractivity contribution in [3.8, 4) is 5.75 Å². The highest BCUT2D eigenvalue weighted by Gasteiger charge is 2.11. The Hall–Kier alpha value is -1.74. The summed E-state index contributed by atoms with van der Waals surface area (Å²) < 4.78 is 13.6. The fourth-order valence-corrected chi connectivity index (χ4v) is 1.95. The van der Waals surface area contributed by atoms with Crippen molar-refractivity contribution in [2.24, 2.45) is 0 Å². The molecule has 0 aliphatic carbocycles. The molecule has 2 N–H and O–H groups in total. The van der Waals surface area contributed by atoms with E-state index in [1.165, 1.54) is 6.07 Å². The molecule has 0 heterocycles. The van der Waals surface area contributed by atoms with Crippen molar-refractivity contribution in [3.05, 3.63) is 58.9 Å². The van der Waals surface area contributed by atoms with Gasteiger partial charge in [-0.1, -0.05) is 29.8 Å². The van der Waals surface area contributed by atoms with Crippen LogP contribution in [0.5, 0.6) is 5.75 Å². The summed E-state index contributed by atoms with van der Waals surface area (Å²) in [5.41, 5.74) is 1.13. The predicted octanol–water partition coefficient (Wildman–Crippen LogP) is 4.36. The van der Waals surface area contributed by atoms with Gasteiger partial charge in [-0.2, -0.15) is 0 Å². The molecule has 0 aromatic heterocycles. The first kappa shape index (κ1) is 12.7. The minimum Gasteiger partial charge on any atom is -0.508 e. The lowest BCUT2D eigenvalue weighted by atomic mass is 10.1. The first-order valence-corrected chi connectivity index (χ1v) is 5.95. The largest absolute Gasteiger partial charge is 0.508 e. The van der Waals surface area contributed by atoms with Crippen molar-refractivity contribution < 1.29 is 9.50 Å². The SMILES string of the molecule is CC(Nc1c(F)cccc1Cl)c1cccc(O)c1. The lowest BCUT2D eigenvalue weighted by Gasteiger charge is -2.17. The maximum absolute atomic E-state index is 13.6. The first-order chi connectivity index (χ1) is 8.58. The summed E-state index contributed by atoms with van der Waals surface area (Å²) in [6.07, 6.45) is 0. The van der Waals surface area contributed by atoms with E-state index < -0.39 is 5.82 Å². The molecule has 0 amide bonds. The third-order valence-corrected chi connectivity index (χ3v) is 3.01. The van der Waals surface area contributed by atoms with Gasteiger partial charge >= 0.3 is 0 Å². The number of hydrogen-bond acceptors (Lipinski definition) is 2. The molecule has 0 spiro atoms. The van der Waals surface area contributed by atoms with Gasteiger partial charge in [-0.15, -0.1) is 0 Å². The molecular weight excluding hydrogens is 253 g/mol. The van der Waals surface area contributed by atoms with Crippen molar-refractivity contribution >= 4 is 17.3 Å². The number of anilines is 1. The van der Waals surface area contributed by atoms with Crippen molar-refractivity contribution in [2.75, 3.05) is 5.32 Å². The minimum atomic E-state index is -0.394. The number of phenols is 1. The smallest absolute Gasteiger partial charge is 0.147 e. The summed E-state index contributed by atoms with van der Waals surface area (Å²) >= 11 is 5.94. The molecule has 0 radical (unpaired) electrons. The second-order valence-corrected chi connectivity index (χ2v) is 4.46. The molecule has 0 aliphatic rings. The van der Waals surface area contributed by atoms with Gasteiger partial charge in [0.1, 0.15) is 11.6 Å². The van der Waals surface area contributed by atoms with Crippen LogP contribution in [0.3, 0.4) is 0 Å². The Bertz CT molecular complexity index is 539. The van der Waals surface area contributed by atoms with Crippen LogP contribution in [0.1, 0.15) is 18.5 Å². The van der Waals surface area contributed by atoms with Crippen LogP contribution in [-0.4, -0.2) is 5.11 Å². The molecular formula is C14H13ClFNO. The van der Waals surface area contributed by atoms with E-state index in [1.54, 1.807) is 30.3 Å². The van der Waals surface area contributed by atoms with Gasteiger partial charge < -0.3 is 10.4 Å². The van der Waals surface area contributed by atoms with Crippen LogP contribution in [0.15, 0.2) is 42.5 Å². The van der Waals surface area contributed by atoms with Gasteiger partial charge in [0, 0.05) is 6.04 Å². The van der Waals surface area contributed by atoms with Gasteiger partial charge in [0.15, 0.2) is 0 Å². The second kappa shape index (κ2) is 5.27. The van der Waals surface area contributed by atoms with Crippen LogP contribution >= 0.6 is 11.6 Å². The number of phenolic OH excluding ortho intramolecular Hbond substituents is 1. The number of benzene rings is 2. The molecule has 1 unspecified atom stereocenters. The fourth-order valence-electron chi connectivity index (χ4n) is 1.73. The number of hydrogen-bond donors (Lipinski definition) is 2. The summed E-state index contributed by atoms with van der Waals surface area (Å²) in [6, 6.07) is 11.2. The van der Waals surface area contributed by atoms with Crippen molar-refractivity contribution in [1.82, 2.24) is 0 Å². The third kappa shape index (κ3) is 2.74. The highest BCUT2D eigenvalue weighted by molar-refractivity contribution is 6.33. The van der Waals surface area contributed by atoms with Crippen LogP contribution in [0.4, 0.5) is 10.1 Å². The molecule has 2 aromatic rings. The zero-order valence-corrected chi connectivity index (χ0v) is 10.6. The minimum absolute atomic E-state index is 0.161. The summed E-state index contributed by atoms with van der Waals surface area (Å²) in [5, 5.41) is 12.7. The maximum Gasteiger partial charge on any atom is 0.147 e. The van der Waals surface area contributed by atoms with Crippen LogP contribution < -0.4 is 5.32 Å². The van der Waals surface area contributed by atoms with Gasteiger partial charge in [0.2, 0.25) is 0 Å². The number of halogens is 2. The third-order valence-electron chi connectivity index (χ3n) is 2.69. The summed E-state index contributed by atoms with van der Waals surface area (Å²) in [7, 11) is 0. The number of para-hydroxylation sites is 1. The van der Waals surface area contributed by atoms with Crippen LogP contribution in [0.2, 0.25) is 5.02 Å². The lowest BCUT2D eigenvalue weighted by Crippen LogP contribution is -2.08. The number of nitrogens with one attached hydrogen (secondary N) is 1. The van der Waals surface area contributed by atoms with E-state index in [1.807, 2.05) is 13.0 Å². The average molecular weight is 266 g/mol. The molecule has 1 atom stereocenters. The van der Waals surface area contributed by atoms with E-state index >= 15 is 0 Å². The normalized spacial score (nSPS) is 12.2. The number of aromatic hydroxyl groups is 1. The van der Waals surface area contributed by atoms with Gasteiger partial charge in [0.05, 0.1) is 10.7 Å². The van der Waals surface area contributed by atoms with Crippen molar-refractivity contribution in [3.63, 3.8) is 0 Å². The summed E-state index contributed by atoms with van der Waals surface area (Å²) in [4.78, 5) is 0. The van der Waals surface area contributed by atoms with Gasteiger partial charge in [-0.3, -0.25) is 0 Å². The summed E-state index contributed by atoms with van der Waals surface area (Å²) in [6.45, 7) is 1.87. The van der Waals surface area contributed by atoms with Gasteiger partial charge in [0.25, 0.3) is 0 Å². The van der Waals surface area contributed by atoms with Crippen molar-refractivity contribution in [2.45, 2.75) is 13.0 Å². The van der Waals surface area contributed by atoms with Crippen LogP contribution in [0.25, 0.3) is 0 Å². The Labute approximate surface area is 110 Å². The summed E-state index contributed by atoms with van der Waals surface area (Å²) in [5.74, 6) is -0.213. The monoisotopic (exact) mass is 265 g/mol.